The first-order valence-electron chi connectivity index (χ1n) is 10.7. The molecule has 0 saturated carbocycles. The summed E-state index contributed by atoms with van der Waals surface area (Å²) in [6, 6.07) is 11.4. The zero-order valence-electron chi connectivity index (χ0n) is 17.8. The number of H-pyrrole nitrogens is 1. The number of nitrogens with zero attached hydrogens (tertiary/aromatic N) is 2. The molecule has 1 amide bonds. The number of carbonyl (C=O) groups excluding carboxylic acids is 2. The summed E-state index contributed by atoms with van der Waals surface area (Å²) in [5.74, 6) is 1.56. The summed E-state index contributed by atoms with van der Waals surface area (Å²) in [7, 11) is 0. The third-order valence-electron chi connectivity index (χ3n) is 6.55. The summed E-state index contributed by atoms with van der Waals surface area (Å²) in [6.07, 6.45) is 5.13. The van der Waals surface area contributed by atoms with Gasteiger partial charge in [0.2, 0.25) is 0 Å². The number of Topliss-reactive ketones (excluding diaryl/α,β-unsaturated/α-hetero) is 1. The fourth-order valence-corrected chi connectivity index (χ4v) is 4.55. The van der Waals surface area contributed by atoms with Crippen molar-refractivity contribution >= 4 is 11.7 Å². The lowest BCUT2D eigenvalue weighted by molar-refractivity contribution is -0.00575. The van der Waals surface area contributed by atoms with E-state index in [2.05, 4.69) is 9.97 Å². The Bertz CT molecular complexity index is 1160. The Balaban J connectivity index is 1.31. The van der Waals surface area contributed by atoms with E-state index in [9.17, 15) is 9.59 Å². The van der Waals surface area contributed by atoms with Crippen LogP contribution in [0, 0.1) is 13.8 Å². The highest BCUT2D eigenvalue weighted by molar-refractivity contribution is 6.01. The van der Waals surface area contributed by atoms with Gasteiger partial charge in [0.15, 0.2) is 5.78 Å². The molecule has 1 fully saturated rings. The van der Waals surface area contributed by atoms with Crippen LogP contribution in [0.3, 0.4) is 0 Å². The van der Waals surface area contributed by atoms with E-state index in [0.717, 1.165) is 22.5 Å². The highest BCUT2D eigenvalue weighted by atomic mass is 16.5. The number of benzene rings is 2. The molecule has 1 N–H and O–H groups in total. The summed E-state index contributed by atoms with van der Waals surface area (Å²) in [5.41, 5.74) is 3.91. The minimum absolute atomic E-state index is 0.00254. The number of rotatable bonds is 2. The largest absolute Gasteiger partial charge is 0.486 e. The molecule has 31 heavy (non-hydrogen) atoms. The number of fused-ring (bicyclic) bond motifs is 1. The van der Waals surface area contributed by atoms with Crippen LogP contribution in [0.25, 0.3) is 11.4 Å². The molecule has 3 aromatic rings. The molecule has 5 rings (SSSR count). The topological polar surface area (TPSA) is 75.3 Å². The Morgan fingerprint density at radius 1 is 1.13 bits per heavy atom. The van der Waals surface area contributed by atoms with Crippen LogP contribution >= 0.6 is 0 Å². The van der Waals surface area contributed by atoms with Crippen LogP contribution in [-0.2, 0) is 0 Å². The molecule has 6 heteroatoms. The van der Waals surface area contributed by atoms with Gasteiger partial charge in [0.05, 0.1) is 12.0 Å². The predicted octanol–water partition coefficient (Wildman–Crippen LogP) is 4.33. The lowest BCUT2D eigenvalue weighted by Crippen LogP contribution is -2.52. The first-order chi connectivity index (χ1) is 14.9. The molecule has 2 aliphatic rings. The Morgan fingerprint density at radius 3 is 2.65 bits per heavy atom. The summed E-state index contributed by atoms with van der Waals surface area (Å²) in [4.78, 5) is 35.2. The fraction of sp³-hybridized carbons (Fsp3) is 0.320. The van der Waals surface area contributed by atoms with Crippen LogP contribution in [0.1, 0.15) is 51.1 Å². The van der Waals surface area contributed by atoms with Crippen LogP contribution in [-0.4, -0.2) is 45.2 Å². The molecule has 6 nitrogen and oxygen atoms in total. The average Bonchev–Trinajstić information content (AvgIpc) is 3.31. The van der Waals surface area contributed by atoms with Gasteiger partial charge in [-0.2, -0.15) is 0 Å². The molecule has 1 spiro atoms. The molecular weight excluding hydrogens is 390 g/mol. The van der Waals surface area contributed by atoms with Crippen molar-refractivity contribution in [2.45, 2.75) is 38.7 Å². The number of amides is 1. The summed E-state index contributed by atoms with van der Waals surface area (Å²) in [6.45, 7) is 5.18. The quantitative estimate of drug-likeness (QED) is 0.676. The van der Waals surface area contributed by atoms with Gasteiger partial charge >= 0.3 is 0 Å². The van der Waals surface area contributed by atoms with E-state index in [0.29, 0.717) is 49.2 Å². The molecule has 0 aliphatic carbocycles. The van der Waals surface area contributed by atoms with E-state index in [1.165, 1.54) is 0 Å². The number of aromatic nitrogens is 2. The van der Waals surface area contributed by atoms with Crippen molar-refractivity contribution in [1.82, 2.24) is 14.9 Å². The van der Waals surface area contributed by atoms with Gasteiger partial charge in [0, 0.05) is 49.5 Å². The number of nitrogens with one attached hydrogen (secondary N) is 1. The molecular formula is C25H25N3O3. The maximum Gasteiger partial charge on any atom is 0.253 e. The van der Waals surface area contributed by atoms with E-state index in [-0.39, 0.29) is 11.7 Å². The number of carbonyl (C=O) groups is 2. The van der Waals surface area contributed by atoms with Crippen LogP contribution in [0.4, 0.5) is 0 Å². The third kappa shape index (κ3) is 3.52. The third-order valence-corrected chi connectivity index (χ3v) is 6.55. The molecule has 158 valence electrons. The summed E-state index contributed by atoms with van der Waals surface area (Å²) < 4.78 is 6.40. The second-order valence-corrected chi connectivity index (χ2v) is 8.63. The van der Waals surface area contributed by atoms with E-state index in [4.69, 9.17) is 4.74 Å². The smallest absolute Gasteiger partial charge is 0.253 e. The average molecular weight is 415 g/mol. The second-order valence-electron chi connectivity index (χ2n) is 8.63. The molecule has 0 bridgehead atoms. The van der Waals surface area contributed by atoms with Crippen molar-refractivity contribution in [3.63, 3.8) is 0 Å². The maximum atomic E-state index is 13.1. The SMILES string of the molecule is Cc1cc2c(cc1C)C(=O)CC1(CCN(C(=O)c3cccc(-c4ncc[nH]4)c3)CC1)O2. The van der Waals surface area contributed by atoms with Crippen LogP contribution < -0.4 is 4.74 Å². The molecule has 3 heterocycles. The minimum Gasteiger partial charge on any atom is -0.486 e. The van der Waals surface area contributed by atoms with E-state index in [1.807, 2.05) is 55.1 Å². The number of aromatic amines is 1. The Labute approximate surface area is 181 Å². The standard InChI is InChI=1S/C25H25N3O3/c1-16-12-20-21(29)15-25(31-22(20)13-17(16)2)6-10-28(11-7-25)24(30)19-5-3-4-18(14-19)23-26-8-9-27-23/h3-5,8-9,12-14H,6-7,10-11,15H2,1-2H3,(H,26,27). The Hall–Kier alpha value is -3.41. The van der Waals surface area contributed by atoms with E-state index in [1.54, 1.807) is 12.4 Å². The summed E-state index contributed by atoms with van der Waals surface area (Å²) in [5, 5.41) is 0. The second kappa shape index (κ2) is 7.38. The Kier molecular flexibility index (Phi) is 4.65. The minimum atomic E-state index is -0.515. The monoisotopic (exact) mass is 415 g/mol. The van der Waals surface area contributed by atoms with Gasteiger partial charge < -0.3 is 14.6 Å². The molecule has 2 aliphatic heterocycles. The number of imidazole rings is 1. The molecule has 0 atom stereocenters. The maximum absolute atomic E-state index is 13.1. The number of hydrogen-bond acceptors (Lipinski definition) is 4. The highest BCUT2D eigenvalue weighted by Crippen LogP contribution is 2.40. The van der Waals surface area contributed by atoms with Gasteiger partial charge in [-0.1, -0.05) is 12.1 Å². The van der Waals surface area contributed by atoms with E-state index < -0.39 is 5.60 Å². The lowest BCUT2D eigenvalue weighted by atomic mass is 9.81. The molecule has 1 saturated heterocycles. The fourth-order valence-electron chi connectivity index (χ4n) is 4.55. The first-order valence-corrected chi connectivity index (χ1v) is 10.7. The van der Waals surface area contributed by atoms with Gasteiger partial charge in [0.25, 0.3) is 5.91 Å². The van der Waals surface area contributed by atoms with Crippen molar-refractivity contribution in [3.8, 4) is 17.1 Å². The van der Waals surface area contributed by atoms with Crippen molar-refractivity contribution in [2.75, 3.05) is 13.1 Å². The lowest BCUT2D eigenvalue weighted by Gasteiger charge is -2.44. The van der Waals surface area contributed by atoms with Crippen LogP contribution in [0.5, 0.6) is 5.75 Å². The van der Waals surface area contributed by atoms with Crippen molar-refractivity contribution in [1.29, 1.82) is 0 Å². The zero-order valence-corrected chi connectivity index (χ0v) is 17.8. The van der Waals surface area contributed by atoms with Crippen molar-refractivity contribution in [2.24, 2.45) is 0 Å². The Morgan fingerprint density at radius 2 is 1.90 bits per heavy atom. The van der Waals surface area contributed by atoms with Crippen LogP contribution in [0.2, 0.25) is 0 Å². The van der Waals surface area contributed by atoms with Crippen molar-refractivity contribution < 1.29 is 14.3 Å². The van der Waals surface area contributed by atoms with Gasteiger partial charge in [-0.25, -0.2) is 4.98 Å². The number of aryl methyl sites for hydroxylation is 2. The normalized spacial score (nSPS) is 17.4. The molecule has 0 unspecified atom stereocenters. The number of ether oxygens (including phenoxy) is 1. The first kappa shape index (κ1) is 19.5. The molecule has 1 aromatic heterocycles. The number of hydrogen-bond donors (Lipinski definition) is 1. The van der Waals surface area contributed by atoms with E-state index >= 15 is 0 Å². The van der Waals surface area contributed by atoms with Gasteiger partial charge in [-0.05, 0) is 49.2 Å². The molecule has 0 radical (unpaired) electrons. The number of piperidine rings is 1. The van der Waals surface area contributed by atoms with Crippen molar-refractivity contribution in [3.05, 3.63) is 71.0 Å². The van der Waals surface area contributed by atoms with Gasteiger partial charge in [-0.3, -0.25) is 9.59 Å². The van der Waals surface area contributed by atoms with Gasteiger partial charge in [0.1, 0.15) is 17.2 Å². The number of likely N-dealkylation sites (tertiary alicyclic amines) is 1. The van der Waals surface area contributed by atoms with Gasteiger partial charge in [-0.15, -0.1) is 0 Å². The highest BCUT2D eigenvalue weighted by Gasteiger charge is 2.43. The van der Waals surface area contributed by atoms with Crippen LogP contribution in [0.15, 0.2) is 48.8 Å². The number of ketones is 1. The molecule has 2 aromatic carbocycles. The predicted molar refractivity (Wildman–Crippen MR) is 117 cm³/mol. The summed E-state index contributed by atoms with van der Waals surface area (Å²) >= 11 is 0. The zero-order chi connectivity index (χ0) is 21.6.